The van der Waals surface area contributed by atoms with Crippen molar-refractivity contribution in [2.45, 2.75) is 0 Å². The molecule has 0 atom stereocenters. The maximum absolute atomic E-state index is 13.4. The first kappa shape index (κ1) is 10.1. The number of benzene rings is 1. The Morgan fingerprint density at radius 1 is 1.57 bits per heavy atom. The van der Waals surface area contributed by atoms with Crippen LogP contribution in [-0.4, -0.2) is 12.2 Å². The van der Waals surface area contributed by atoms with Crippen LogP contribution in [0.1, 0.15) is 15.9 Å². The lowest BCUT2D eigenvalue weighted by Gasteiger charge is -2.03. The molecule has 0 unspecified atom stereocenters. The number of halogens is 1. The van der Waals surface area contributed by atoms with Crippen molar-refractivity contribution in [3.05, 3.63) is 29.1 Å². The average molecular weight is 198 g/mol. The van der Waals surface area contributed by atoms with Crippen molar-refractivity contribution in [2.24, 2.45) is 5.90 Å². The Morgan fingerprint density at radius 2 is 2.21 bits per heavy atom. The fourth-order valence-electron chi connectivity index (χ4n) is 0.998. The van der Waals surface area contributed by atoms with Gasteiger partial charge in [0.05, 0.1) is 11.1 Å². The van der Waals surface area contributed by atoms with Crippen molar-refractivity contribution in [3.63, 3.8) is 0 Å². The number of anilines is 1. The zero-order valence-electron chi connectivity index (χ0n) is 7.16. The minimum Gasteiger partial charge on any atom is -0.398 e. The molecule has 0 spiro atoms. The molecule has 1 rings (SSSR count). The van der Waals surface area contributed by atoms with Crippen molar-refractivity contribution >= 4 is 17.9 Å². The Kier molecular flexibility index (Phi) is 2.78. The van der Waals surface area contributed by atoms with E-state index in [2.05, 4.69) is 10.7 Å². The topological polar surface area (TPSA) is 104 Å². The summed E-state index contributed by atoms with van der Waals surface area (Å²) in [5.74, 6) is 2.79. The second kappa shape index (κ2) is 3.84. The number of nitrogen functional groups attached to an aromatic ring is 1. The zero-order chi connectivity index (χ0) is 10.7. The van der Waals surface area contributed by atoms with Gasteiger partial charge in [-0.25, -0.2) is 9.18 Å². The van der Waals surface area contributed by atoms with Crippen LogP contribution in [0.3, 0.4) is 0 Å². The molecular formula is C8H9FN3O2+. The molecule has 6 N–H and O–H groups in total. The second-order valence-corrected chi connectivity index (χ2v) is 2.50. The Morgan fingerprint density at radius 3 is 2.71 bits per heavy atom. The van der Waals surface area contributed by atoms with E-state index in [4.69, 9.17) is 11.1 Å². The van der Waals surface area contributed by atoms with Crippen LogP contribution in [-0.2, 0) is 4.84 Å². The summed E-state index contributed by atoms with van der Waals surface area (Å²) in [6.45, 7) is 0. The molecule has 1 aromatic rings. The van der Waals surface area contributed by atoms with Gasteiger partial charge in [0.1, 0.15) is 0 Å². The summed E-state index contributed by atoms with van der Waals surface area (Å²) >= 11 is 0. The molecule has 0 amide bonds. The molecule has 74 valence electrons. The Bertz CT molecular complexity index is 392. The third kappa shape index (κ3) is 1.55. The van der Waals surface area contributed by atoms with Crippen LogP contribution in [0.2, 0.25) is 0 Å². The molecule has 1 aromatic carbocycles. The Balaban J connectivity index is 3.35. The van der Waals surface area contributed by atoms with Crippen molar-refractivity contribution in [2.75, 3.05) is 5.73 Å². The smallest absolute Gasteiger partial charge is 0.359 e. The summed E-state index contributed by atoms with van der Waals surface area (Å²) in [5, 5.41) is 5.13. The van der Waals surface area contributed by atoms with E-state index in [1.807, 2.05) is 0 Å². The molecule has 14 heavy (non-hydrogen) atoms. The highest BCUT2D eigenvalue weighted by molar-refractivity contribution is 5.94. The van der Waals surface area contributed by atoms with Crippen molar-refractivity contribution < 1.29 is 19.4 Å². The molecule has 0 bridgehead atoms. The molecule has 0 saturated carbocycles. The van der Waals surface area contributed by atoms with Gasteiger partial charge in [-0.05, 0) is 12.1 Å². The summed E-state index contributed by atoms with van der Waals surface area (Å²) in [4.78, 5) is 14.8. The fraction of sp³-hybridized carbons (Fsp3) is 0. The van der Waals surface area contributed by atoms with Gasteiger partial charge < -0.3 is 10.6 Å². The number of hydrogen-bond acceptors (Lipinski definition) is 4. The Hall–Kier alpha value is -1.95. The van der Waals surface area contributed by atoms with Gasteiger partial charge in [0, 0.05) is 5.69 Å². The van der Waals surface area contributed by atoms with Gasteiger partial charge in [-0.15, -0.1) is 0 Å². The lowest BCUT2D eigenvalue weighted by molar-refractivity contribution is -0.104. The monoisotopic (exact) mass is 198 g/mol. The molecule has 0 heterocycles. The van der Waals surface area contributed by atoms with Crippen molar-refractivity contribution in [1.29, 1.82) is 0 Å². The highest BCUT2D eigenvalue weighted by Gasteiger charge is 2.17. The molecule has 0 aliphatic heterocycles. The average Bonchev–Trinajstić information content (AvgIpc) is 2.18. The zero-order valence-corrected chi connectivity index (χ0v) is 7.16. The van der Waals surface area contributed by atoms with Crippen molar-refractivity contribution in [1.82, 2.24) is 0 Å². The molecule has 6 heteroatoms. The second-order valence-electron chi connectivity index (χ2n) is 2.50. The van der Waals surface area contributed by atoms with Crippen LogP contribution in [0.25, 0.3) is 0 Å². The SMILES string of the molecule is NOC(=O)c1ccc(N)c(C=[NH2+])c1F. The largest absolute Gasteiger partial charge is 0.398 e. The van der Waals surface area contributed by atoms with Crippen LogP contribution >= 0.6 is 0 Å². The van der Waals surface area contributed by atoms with E-state index in [0.717, 1.165) is 6.21 Å². The number of rotatable bonds is 2. The quantitative estimate of drug-likeness (QED) is 0.309. The van der Waals surface area contributed by atoms with Gasteiger partial charge in [0.25, 0.3) is 0 Å². The lowest BCUT2D eigenvalue weighted by Crippen LogP contribution is -2.31. The van der Waals surface area contributed by atoms with Crippen molar-refractivity contribution in [3.8, 4) is 0 Å². The Labute approximate surface area is 78.9 Å². The van der Waals surface area contributed by atoms with E-state index in [9.17, 15) is 9.18 Å². The van der Waals surface area contributed by atoms with Crippen LogP contribution in [0.5, 0.6) is 0 Å². The van der Waals surface area contributed by atoms with Gasteiger partial charge in [-0.2, -0.15) is 5.90 Å². The molecule has 0 aliphatic rings. The van der Waals surface area contributed by atoms with Gasteiger partial charge >= 0.3 is 5.97 Å². The summed E-state index contributed by atoms with van der Waals surface area (Å²) in [6, 6.07) is 2.51. The first-order valence-corrected chi connectivity index (χ1v) is 3.65. The first-order chi connectivity index (χ1) is 6.61. The predicted molar refractivity (Wildman–Crippen MR) is 47.5 cm³/mol. The molecular weight excluding hydrogens is 189 g/mol. The van der Waals surface area contributed by atoms with Gasteiger partial charge in [0.2, 0.25) is 0 Å². The number of carbonyl (C=O) groups is 1. The van der Waals surface area contributed by atoms with E-state index in [1.165, 1.54) is 12.1 Å². The standard InChI is InChI=1S/C8H8FN3O2/c9-7-4(8(13)14-12)1-2-6(11)5(7)3-10/h1-3,10H,11-12H2/p+1. The van der Waals surface area contributed by atoms with Crippen LogP contribution in [0, 0.1) is 5.82 Å². The number of nitrogens with two attached hydrogens (primary N) is 3. The highest BCUT2D eigenvalue weighted by Crippen LogP contribution is 2.17. The third-order valence-corrected chi connectivity index (χ3v) is 1.71. The summed E-state index contributed by atoms with van der Waals surface area (Å²) < 4.78 is 13.4. The summed E-state index contributed by atoms with van der Waals surface area (Å²) in [6.07, 6.45) is 0.970. The maximum atomic E-state index is 13.4. The fourth-order valence-corrected chi connectivity index (χ4v) is 0.998. The van der Waals surface area contributed by atoms with Crippen LogP contribution < -0.4 is 17.0 Å². The molecule has 0 radical (unpaired) electrons. The predicted octanol–water partition coefficient (Wildman–Crippen LogP) is -1.38. The number of carbonyl (C=O) groups excluding carboxylic acids is 1. The molecule has 5 nitrogen and oxygen atoms in total. The minimum atomic E-state index is -0.981. The van der Waals surface area contributed by atoms with E-state index >= 15 is 0 Å². The number of hydrogen-bond donors (Lipinski definition) is 3. The van der Waals surface area contributed by atoms with Crippen LogP contribution in [0.15, 0.2) is 12.1 Å². The van der Waals surface area contributed by atoms with Gasteiger partial charge in [-0.1, -0.05) is 0 Å². The first-order valence-electron chi connectivity index (χ1n) is 3.65. The third-order valence-electron chi connectivity index (χ3n) is 1.71. The minimum absolute atomic E-state index is 0.0482. The molecule has 0 saturated heterocycles. The summed E-state index contributed by atoms with van der Waals surface area (Å²) in [7, 11) is 0. The maximum Gasteiger partial charge on any atom is 0.359 e. The van der Waals surface area contributed by atoms with Gasteiger partial charge in [0.15, 0.2) is 12.0 Å². The van der Waals surface area contributed by atoms with Crippen LogP contribution in [0.4, 0.5) is 10.1 Å². The van der Waals surface area contributed by atoms with E-state index in [0.29, 0.717) is 0 Å². The van der Waals surface area contributed by atoms with Gasteiger partial charge in [-0.3, -0.25) is 5.41 Å². The molecule has 0 aromatic heterocycles. The summed E-state index contributed by atoms with van der Waals surface area (Å²) in [5.41, 5.74) is 5.19. The molecule has 0 fully saturated rings. The molecule has 0 aliphatic carbocycles. The normalized spacial score (nSPS) is 9.57. The van der Waals surface area contributed by atoms with E-state index in [1.54, 1.807) is 0 Å². The highest BCUT2D eigenvalue weighted by atomic mass is 19.1. The lowest BCUT2D eigenvalue weighted by atomic mass is 10.1. The van der Waals surface area contributed by atoms with E-state index in [-0.39, 0.29) is 16.8 Å². The van der Waals surface area contributed by atoms with E-state index < -0.39 is 11.8 Å².